The molecular formula is C11H16Ru. The van der Waals surface area contributed by atoms with Crippen molar-refractivity contribution < 1.29 is 19.5 Å². The van der Waals surface area contributed by atoms with Crippen LogP contribution in [-0.4, -0.2) is 0 Å². The third-order valence-corrected chi connectivity index (χ3v) is 2.74. The van der Waals surface area contributed by atoms with E-state index < -0.39 is 0 Å². The Balaban J connectivity index is 0.00000121. The number of rotatable bonds is 0. The molecule has 1 rings (SSSR count). The topological polar surface area (TPSA) is 0 Å². The molecule has 0 aromatic heterocycles. The largest absolute Gasteiger partial charge is 0.0558 e. The average Bonchev–Trinajstić information content (AvgIpc) is 1.97. The first-order valence-corrected chi connectivity index (χ1v) is 4.08. The fourth-order valence-corrected chi connectivity index (χ4v) is 1.41. The summed E-state index contributed by atoms with van der Waals surface area (Å²) in [5.41, 5.74) is 7.14. The summed E-state index contributed by atoms with van der Waals surface area (Å²) in [6.45, 7) is 10.9. The average molecular weight is 249 g/mol. The van der Waals surface area contributed by atoms with Crippen molar-refractivity contribution in [2.45, 2.75) is 34.6 Å². The van der Waals surface area contributed by atoms with Gasteiger partial charge in [0.15, 0.2) is 0 Å². The Morgan fingerprint density at radius 2 is 1.00 bits per heavy atom. The summed E-state index contributed by atoms with van der Waals surface area (Å²) in [5, 5.41) is 0. The molecule has 0 aliphatic carbocycles. The molecule has 0 radical (unpaired) electrons. The van der Waals surface area contributed by atoms with Crippen LogP contribution in [-0.2, 0) is 19.5 Å². The summed E-state index contributed by atoms with van der Waals surface area (Å²) < 4.78 is 0. The first kappa shape index (κ1) is 11.8. The van der Waals surface area contributed by atoms with Gasteiger partial charge in [0.05, 0.1) is 0 Å². The molecule has 1 aromatic carbocycles. The van der Waals surface area contributed by atoms with Gasteiger partial charge in [0.1, 0.15) is 0 Å². The van der Waals surface area contributed by atoms with Gasteiger partial charge >= 0.3 is 0 Å². The Kier molecular flexibility index (Phi) is 4.13. The summed E-state index contributed by atoms with van der Waals surface area (Å²) in [5.74, 6) is 0. The van der Waals surface area contributed by atoms with Gasteiger partial charge in [-0.2, -0.15) is 0 Å². The van der Waals surface area contributed by atoms with E-state index in [1.807, 2.05) is 0 Å². The molecule has 12 heavy (non-hydrogen) atoms. The third kappa shape index (κ3) is 1.96. The van der Waals surface area contributed by atoms with E-state index in [1.165, 1.54) is 27.8 Å². The van der Waals surface area contributed by atoms with Gasteiger partial charge in [-0.3, -0.25) is 0 Å². The van der Waals surface area contributed by atoms with Crippen LogP contribution in [0, 0.1) is 34.6 Å². The monoisotopic (exact) mass is 250 g/mol. The molecular weight excluding hydrogens is 233 g/mol. The number of aryl methyl sites for hydroxylation is 2. The van der Waals surface area contributed by atoms with E-state index in [2.05, 4.69) is 40.7 Å². The zero-order chi connectivity index (χ0) is 8.59. The number of benzene rings is 1. The van der Waals surface area contributed by atoms with E-state index in [4.69, 9.17) is 0 Å². The summed E-state index contributed by atoms with van der Waals surface area (Å²) >= 11 is 0. The van der Waals surface area contributed by atoms with Crippen LogP contribution in [0.2, 0.25) is 0 Å². The Labute approximate surface area is 88.1 Å². The maximum Gasteiger partial charge on any atom is 0 e. The first-order chi connectivity index (χ1) is 5.04. The van der Waals surface area contributed by atoms with Gasteiger partial charge < -0.3 is 0 Å². The van der Waals surface area contributed by atoms with Gasteiger partial charge in [0.2, 0.25) is 0 Å². The van der Waals surface area contributed by atoms with E-state index in [0.29, 0.717) is 0 Å². The van der Waals surface area contributed by atoms with E-state index >= 15 is 0 Å². The molecule has 1 aromatic rings. The molecule has 0 aliphatic rings. The van der Waals surface area contributed by atoms with Gasteiger partial charge in [-0.05, 0) is 62.4 Å². The first-order valence-electron chi connectivity index (χ1n) is 4.08. The van der Waals surface area contributed by atoms with Gasteiger partial charge in [0, 0.05) is 19.5 Å². The van der Waals surface area contributed by atoms with Crippen molar-refractivity contribution in [3.05, 3.63) is 33.9 Å². The second-order valence-electron chi connectivity index (χ2n) is 3.39. The van der Waals surface area contributed by atoms with Crippen molar-refractivity contribution >= 4 is 0 Å². The molecule has 0 N–H and O–H groups in total. The summed E-state index contributed by atoms with van der Waals surface area (Å²) in [6.07, 6.45) is 0. The standard InChI is InChI=1S/C11H16.Ru/c1-7-6-8(2)10(4)11(5)9(7)3;/h6H,1-5H3;. The molecule has 0 amide bonds. The predicted molar refractivity (Wildman–Crippen MR) is 50.1 cm³/mol. The fraction of sp³-hybridized carbons (Fsp3) is 0.455. The molecule has 0 bridgehead atoms. The van der Waals surface area contributed by atoms with Crippen LogP contribution in [0.4, 0.5) is 0 Å². The molecule has 0 saturated heterocycles. The van der Waals surface area contributed by atoms with Crippen molar-refractivity contribution in [2.24, 2.45) is 0 Å². The Morgan fingerprint density at radius 3 is 1.33 bits per heavy atom. The maximum absolute atomic E-state index is 2.26. The van der Waals surface area contributed by atoms with Crippen molar-refractivity contribution in [2.75, 3.05) is 0 Å². The van der Waals surface area contributed by atoms with Crippen molar-refractivity contribution in [3.8, 4) is 0 Å². The Morgan fingerprint density at radius 1 is 0.667 bits per heavy atom. The zero-order valence-electron chi connectivity index (χ0n) is 8.43. The van der Waals surface area contributed by atoms with Crippen LogP contribution in [0.15, 0.2) is 6.07 Å². The van der Waals surface area contributed by atoms with Gasteiger partial charge in [0.25, 0.3) is 0 Å². The van der Waals surface area contributed by atoms with Crippen LogP contribution in [0.1, 0.15) is 27.8 Å². The van der Waals surface area contributed by atoms with Crippen molar-refractivity contribution in [1.82, 2.24) is 0 Å². The molecule has 0 aliphatic heterocycles. The fourth-order valence-electron chi connectivity index (χ4n) is 1.41. The number of hydrogen-bond acceptors (Lipinski definition) is 0. The minimum Gasteiger partial charge on any atom is -0.0558 e. The quantitative estimate of drug-likeness (QED) is 0.619. The van der Waals surface area contributed by atoms with Crippen LogP contribution in [0.25, 0.3) is 0 Å². The smallest absolute Gasteiger partial charge is 0 e. The van der Waals surface area contributed by atoms with Crippen LogP contribution >= 0.6 is 0 Å². The molecule has 1 heteroatoms. The molecule has 0 saturated carbocycles. The minimum atomic E-state index is 0. The molecule has 0 heterocycles. The SMILES string of the molecule is Cc1cc(C)c(C)c(C)c1C.[Ru]. The molecule has 0 nitrogen and oxygen atoms in total. The predicted octanol–water partition coefficient (Wildman–Crippen LogP) is 3.23. The van der Waals surface area contributed by atoms with Crippen LogP contribution in [0.5, 0.6) is 0 Å². The van der Waals surface area contributed by atoms with Crippen LogP contribution < -0.4 is 0 Å². The molecule has 0 spiro atoms. The van der Waals surface area contributed by atoms with Crippen molar-refractivity contribution in [1.29, 1.82) is 0 Å². The molecule has 0 fully saturated rings. The van der Waals surface area contributed by atoms with E-state index in [1.54, 1.807) is 0 Å². The molecule has 0 unspecified atom stereocenters. The third-order valence-electron chi connectivity index (χ3n) is 2.74. The Hall–Kier alpha value is -0.157. The normalized spacial score (nSPS) is 9.42. The van der Waals surface area contributed by atoms with Gasteiger partial charge in [-0.25, -0.2) is 0 Å². The van der Waals surface area contributed by atoms with Gasteiger partial charge in [-0.1, -0.05) is 6.07 Å². The summed E-state index contributed by atoms with van der Waals surface area (Å²) in [4.78, 5) is 0. The van der Waals surface area contributed by atoms with E-state index in [-0.39, 0.29) is 19.5 Å². The summed E-state index contributed by atoms with van der Waals surface area (Å²) in [6, 6.07) is 2.26. The van der Waals surface area contributed by atoms with Crippen LogP contribution in [0.3, 0.4) is 0 Å². The minimum absolute atomic E-state index is 0. The second kappa shape index (κ2) is 4.19. The van der Waals surface area contributed by atoms with Gasteiger partial charge in [-0.15, -0.1) is 0 Å². The maximum atomic E-state index is 2.26. The molecule has 68 valence electrons. The summed E-state index contributed by atoms with van der Waals surface area (Å²) in [7, 11) is 0. The second-order valence-corrected chi connectivity index (χ2v) is 3.39. The Bertz CT molecular complexity index is 261. The number of hydrogen-bond donors (Lipinski definition) is 0. The zero-order valence-corrected chi connectivity index (χ0v) is 10.2. The molecule has 0 atom stereocenters. The van der Waals surface area contributed by atoms with E-state index in [9.17, 15) is 0 Å². The van der Waals surface area contributed by atoms with Crippen molar-refractivity contribution in [3.63, 3.8) is 0 Å². The van der Waals surface area contributed by atoms with E-state index in [0.717, 1.165) is 0 Å².